The Morgan fingerprint density at radius 1 is 0.533 bits per heavy atom. The van der Waals surface area contributed by atoms with Crippen molar-refractivity contribution in [2.75, 3.05) is 9.80 Å². The fraction of sp³-hybridized carbons (Fsp3) is 0.0976. The molecule has 2 aromatic heterocycles. The van der Waals surface area contributed by atoms with Gasteiger partial charge in [0, 0.05) is 33.9 Å². The summed E-state index contributed by atoms with van der Waals surface area (Å²) in [4.78, 5) is 10.4. The number of hydrogen-bond donors (Lipinski definition) is 0. The van der Waals surface area contributed by atoms with Gasteiger partial charge >= 0.3 is 0 Å². The van der Waals surface area contributed by atoms with Crippen LogP contribution >= 0.6 is 0 Å². The van der Waals surface area contributed by atoms with E-state index in [-0.39, 0.29) is 23.9 Å². The van der Waals surface area contributed by atoms with E-state index in [1.54, 1.807) is 0 Å². The van der Waals surface area contributed by atoms with Crippen LogP contribution in [0.1, 0.15) is 23.0 Å². The highest BCUT2D eigenvalue weighted by atomic mass is 16.3. The lowest BCUT2D eigenvalue weighted by Crippen LogP contribution is -2.31. The molecule has 0 saturated heterocycles. The first kappa shape index (κ1) is 24.8. The first-order valence-electron chi connectivity index (χ1n) is 15.7. The van der Waals surface area contributed by atoms with Crippen molar-refractivity contribution in [2.24, 2.45) is 0 Å². The van der Waals surface area contributed by atoms with Crippen LogP contribution < -0.4 is 9.80 Å². The normalized spacial score (nSPS) is 22.2. The number of anilines is 4. The highest BCUT2D eigenvalue weighted by Crippen LogP contribution is 2.59. The number of pyridine rings is 1. The Bertz CT molecular complexity index is 2270. The standard InChI is InChI=1S/C41H29N3O/c1-2-12-26(13-3-1)43-35-20-7-4-14-27(35)30-24-25-31-28-15-5-8-21-36(28)44(40(31)39(30)43)38-23-11-19-34(42-38)33-18-10-17-32-29-16-6-9-22-37(29)45-41(32)33/h1-25,27-28,35-36H. The second-order valence-electron chi connectivity index (χ2n) is 12.3. The molecular formula is C41H29N3O. The van der Waals surface area contributed by atoms with Crippen molar-refractivity contribution in [1.29, 1.82) is 0 Å². The predicted octanol–water partition coefficient (Wildman–Crippen LogP) is 10.1. The van der Waals surface area contributed by atoms with Crippen LogP contribution in [-0.2, 0) is 0 Å². The Labute approximate surface area is 261 Å². The zero-order valence-corrected chi connectivity index (χ0v) is 24.5. The molecule has 45 heavy (non-hydrogen) atoms. The minimum atomic E-state index is 0.132. The van der Waals surface area contributed by atoms with Crippen molar-refractivity contribution in [3.05, 3.63) is 163 Å². The van der Waals surface area contributed by atoms with Gasteiger partial charge in [0.2, 0.25) is 0 Å². The SMILES string of the molecule is C1=CC2c3ccc4c(c3N(c3ccccc3)C2C=C1)N(c1cccc(-c2cccc3c2oc2ccccc23)n1)C1C=CC=CC41. The molecule has 0 N–H and O–H groups in total. The summed E-state index contributed by atoms with van der Waals surface area (Å²) < 4.78 is 6.43. The second-order valence-corrected chi connectivity index (χ2v) is 12.3. The summed E-state index contributed by atoms with van der Waals surface area (Å²) in [5, 5.41) is 2.24. The molecule has 0 radical (unpaired) electrons. The summed E-state index contributed by atoms with van der Waals surface area (Å²) in [6, 6.07) is 37.0. The Morgan fingerprint density at radius 3 is 1.98 bits per heavy atom. The molecule has 4 heterocycles. The van der Waals surface area contributed by atoms with Gasteiger partial charge in [0.05, 0.1) is 29.2 Å². The monoisotopic (exact) mass is 579 g/mol. The third kappa shape index (κ3) is 3.51. The number of rotatable bonds is 3. The molecule has 0 amide bonds. The average molecular weight is 580 g/mol. The number of nitrogens with zero attached hydrogens (tertiary/aromatic N) is 3. The fourth-order valence-electron chi connectivity index (χ4n) is 8.03. The molecule has 0 spiro atoms. The Kier molecular flexibility index (Phi) is 5.20. The smallest absolute Gasteiger partial charge is 0.144 e. The Morgan fingerprint density at radius 2 is 1.18 bits per heavy atom. The minimum absolute atomic E-state index is 0.132. The van der Waals surface area contributed by atoms with Crippen molar-refractivity contribution >= 4 is 44.8 Å². The molecule has 0 bridgehead atoms. The van der Waals surface area contributed by atoms with Gasteiger partial charge in [-0.05, 0) is 47.5 Å². The molecule has 4 atom stereocenters. The lowest BCUT2D eigenvalue weighted by atomic mass is 9.88. The van der Waals surface area contributed by atoms with E-state index in [1.165, 1.54) is 28.2 Å². The number of furan rings is 1. The van der Waals surface area contributed by atoms with E-state index in [4.69, 9.17) is 9.40 Å². The van der Waals surface area contributed by atoms with E-state index in [0.29, 0.717) is 0 Å². The van der Waals surface area contributed by atoms with Gasteiger partial charge in [-0.3, -0.25) is 0 Å². The van der Waals surface area contributed by atoms with Crippen LogP contribution in [-0.4, -0.2) is 17.1 Å². The Hall–Kier alpha value is -5.61. The molecular weight excluding hydrogens is 550 g/mol. The van der Waals surface area contributed by atoms with Crippen molar-refractivity contribution in [1.82, 2.24) is 4.98 Å². The second kappa shape index (κ2) is 9.44. The maximum Gasteiger partial charge on any atom is 0.144 e. The van der Waals surface area contributed by atoms with Crippen LogP contribution in [0, 0.1) is 0 Å². The molecule has 4 unspecified atom stereocenters. The summed E-state index contributed by atoms with van der Waals surface area (Å²) in [6.07, 6.45) is 18.1. The third-order valence-electron chi connectivity index (χ3n) is 9.92. The quantitative estimate of drug-likeness (QED) is 0.209. The number of para-hydroxylation sites is 3. The van der Waals surface area contributed by atoms with Gasteiger partial charge in [0.15, 0.2) is 0 Å². The van der Waals surface area contributed by atoms with E-state index in [0.717, 1.165) is 39.0 Å². The maximum atomic E-state index is 6.43. The first-order chi connectivity index (χ1) is 22.3. The van der Waals surface area contributed by atoms with Gasteiger partial charge in [-0.25, -0.2) is 4.98 Å². The maximum absolute atomic E-state index is 6.43. The number of hydrogen-bond acceptors (Lipinski definition) is 4. The van der Waals surface area contributed by atoms with Crippen LogP contribution in [0.15, 0.2) is 156 Å². The van der Waals surface area contributed by atoms with Crippen LogP contribution in [0.5, 0.6) is 0 Å². The molecule has 4 nitrogen and oxygen atoms in total. The van der Waals surface area contributed by atoms with E-state index in [2.05, 4.69) is 149 Å². The van der Waals surface area contributed by atoms with Gasteiger partial charge in [-0.1, -0.05) is 115 Å². The molecule has 10 rings (SSSR count). The molecule has 2 aliphatic carbocycles. The van der Waals surface area contributed by atoms with Gasteiger partial charge in [0.1, 0.15) is 17.0 Å². The first-order valence-corrected chi connectivity index (χ1v) is 15.7. The van der Waals surface area contributed by atoms with Crippen molar-refractivity contribution in [2.45, 2.75) is 23.9 Å². The molecule has 4 aliphatic rings. The molecule has 0 fully saturated rings. The predicted molar refractivity (Wildman–Crippen MR) is 184 cm³/mol. The number of aromatic nitrogens is 1. The molecule has 4 aromatic carbocycles. The number of allylic oxidation sites excluding steroid dienone is 4. The summed E-state index contributed by atoms with van der Waals surface area (Å²) in [6.45, 7) is 0. The number of benzene rings is 4. The van der Waals surface area contributed by atoms with Crippen molar-refractivity contribution in [3.8, 4) is 11.3 Å². The fourth-order valence-corrected chi connectivity index (χ4v) is 8.03. The number of fused-ring (bicyclic) bond motifs is 10. The minimum Gasteiger partial charge on any atom is -0.455 e. The van der Waals surface area contributed by atoms with Gasteiger partial charge in [0.25, 0.3) is 0 Å². The molecule has 6 aromatic rings. The van der Waals surface area contributed by atoms with Crippen LogP contribution in [0.25, 0.3) is 33.2 Å². The summed E-state index contributed by atoms with van der Waals surface area (Å²) in [5.41, 5.74) is 10.1. The van der Waals surface area contributed by atoms with Crippen LogP contribution in [0.2, 0.25) is 0 Å². The van der Waals surface area contributed by atoms with Crippen molar-refractivity contribution < 1.29 is 4.42 Å². The summed E-state index contributed by atoms with van der Waals surface area (Å²) in [5.74, 6) is 1.47. The summed E-state index contributed by atoms with van der Waals surface area (Å²) in [7, 11) is 0. The van der Waals surface area contributed by atoms with Gasteiger partial charge in [-0.15, -0.1) is 0 Å². The van der Waals surface area contributed by atoms with E-state index >= 15 is 0 Å². The van der Waals surface area contributed by atoms with Crippen LogP contribution in [0.3, 0.4) is 0 Å². The molecule has 214 valence electrons. The van der Waals surface area contributed by atoms with E-state index in [1.807, 2.05) is 12.1 Å². The van der Waals surface area contributed by atoms with E-state index < -0.39 is 0 Å². The lowest BCUT2D eigenvalue weighted by molar-refractivity contribution is 0.670. The highest BCUT2D eigenvalue weighted by Gasteiger charge is 2.46. The van der Waals surface area contributed by atoms with Gasteiger partial charge in [-0.2, -0.15) is 0 Å². The molecule has 4 heteroatoms. The summed E-state index contributed by atoms with van der Waals surface area (Å²) >= 11 is 0. The topological polar surface area (TPSA) is 32.5 Å². The lowest BCUT2D eigenvalue weighted by Gasteiger charge is -2.33. The molecule has 2 aliphatic heterocycles. The Balaban J connectivity index is 1.19. The zero-order chi connectivity index (χ0) is 29.5. The zero-order valence-electron chi connectivity index (χ0n) is 24.5. The van der Waals surface area contributed by atoms with Crippen molar-refractivity contribution in [3.63, 3.8) is 0 Å². The van der Waals surface area contributed by atoms with Crippen LogP contribution in [0.4, 0.5) is 22.9 Å². The van der Waals surface area contributed by atoms with Gasteiger partial charge < -0.3 is 14.2 Å². The third-order valence-corrected chi connectivity index (χ3v) is 9.92. The largest absolute Gasteiger partial charge is 0.455 e. The van der Waals surface area contributed by atoms with E-state index in [9.17, 15) is 0 Å². The molecule has 0 saturated carbocycles. The average Bonchev–Trinajstić information content (AvgIpc) is 3.76. The highest BCUT2D eigenvalue weighted by molar-refractivity contribution is 6.09.